The van der Waals surface area contributed by atoms with E-state index in [0.717, 1.165) is 0 Å². The first kappa shape index (κ1) is 15.1. The van der Waals surface area contributed by atoms with E-state index >= 15 is 0 Å². The topological polar surface area (TPSA) is 66.8 Å². The van der Waals surface area contributed by atoms with Crippen molar-refractivity contribution in [1.29, 1.82) is 0 Å². The number of hydrogen-bond donors (Lipinski definition) is 0. The van der Waals surface area contributed by atoms with Crippen LogP contribution in [0.4, 0.5) is 0 Å². The van der Waals surface area contributed by atoms with Crippen molar-refractivity contribution in [2.75, 3.05) is 6.54 Å². The van der Waals surface area contributed by atoms with Crippen LogP contribution < -0.4 is 0 Å². The van der Waals surface area contributed by atoms with Crippen LogP contribution in [0.5, 0.6) is 0 Å². The molecule has 0 bridgehead atoms. The first-order valence-electron chi connectivity index (χ1n) is 6.37. The van der Waals surface area contributed by atoms with Gasteiger partial charge in [0.15, 0.2) is 5.17 Å². The number of benzene rings is 1. The summed E-state index contributed by atoms with van der Waals surface area (Å²) in [6.07, 6.45) is 0.657. The molecule has 108 valence electrons. The van der Waals surface area contributed by atoms with Crippen LogP contribution in [-0.2, 0) is 14.8 Å². The molecule has 0 unspecified atom stereocenters. The van der Waals surface area contributed by atoms with Crippen LogP contribution >= 0.6 is 11.8 Å². The number of carbonyl (C=O) groups is 1. The van der Waals surface area contributed by atoms with Crippen molar-refractivity contribution in [2.24, 2.45) is 4.40 Å². The normalized spacial score (nSPS) is 21.7. The highest BCUT2D eigenvalue weighted by molar-refractivity contribution is 8.16. The van der Waals surface area contributed by atoms with Gasteiger partial charge >= 0.3 is 0 Å². The Labute approximate surface area is 123 Å². The molecule has 1 aliphatic rings. The molecule has 0 radical (unpaired) electrons. The molecule has 0 spiro atoms. The van der Waals surface area contributed by atoms with Crippen LogP contribution in [0.3, 0.4) is 0 Å². The Morgan fingerprint density at radius 1 is 1.25 bits per heavy atom. The van der Waals surface area contributed by atoms with E-state index in [2.05, 4.69) is 4.40 Å². The monoisotopic (exact) mass is 312 g/mol. The Bertz CT molecular complexity index is 626. The van der Waals surface area contributed by atoms with Crippen LogP contribution in [-0.4, -0.2) is 36.2 Å². The minimum absolute atomic E-state index is 0.0676. The van der Waals surface area contributed by atoms with Gasteiger partial charge in [0.25, 0.3) is 10.0 Å². The SMILES string of the molecule is CC[C@H]1SC(=NS(=O)(=O)c2ccccc2)N(CC)C1=O. The Morgan fingerprint density at radius 2 is 1.90 bits per heavy atom. The van der Waals surface area contributed by atoms with Crippen LogP contribution in [0.2, 0.25) is 0 Å². The summed E-state index contributed by atoms with van der Waals surface area (Å²) >= 11 is 1.22. The number of nitrogens with zero attached hydrogens (tertiary/aromatic N) is 2. The number of thioether (sulfide) groups is 1. The highest BCUT2D eigenvalue weighted by Crippen LogP contribution is 2.30. The van der Waals surface area contributed by atoms with Crippen molar-refractivity contribution < 1.29 is 13.2 Å². The van der Waals surface area contributed by atoms with Gasteiger partial charge in [-0.3, -0.25) is 9.69 Å². The fourth-order valence-corrected chi connectivity index (χ4v) is 4.25. The molecule has 1 aromatic rings. The third kappa shape index (κ3) is 2.88. The van der Waals surface area contributed by atoms with E-state index < -0.39 is 10.0 Å². The third-order valence-corrected chi connectivity index (χ3v) is 5.69. The van der Waals surface area contributed by atoms with Gasteiger partial charge in [0.2, 0.25) is 5.91 Å². The summed E-state index contributed by atoms with van der Waals surface area (Å²) in [5.41, 5.74) is 0. The maximum atomic E-state index is 12.2. The maximum Gasteiger partial charge on any atom is 0.284 e. The molecule has 1 heterocycles. The van der Waals surface area contributed by atoms with Crippen LogP contribution in [0.15, 0.2) is 39.6 Å². The zero-order valence-electron chi connectivity index (χ0n) is 11.3. The van der Waals surface area contributed by atoms with E-state index in [9.17, 15) is 13.2 Å². The van der Waals surface area contributed by atoms with E-state index in [1.165, 1.54) is 28.8 Å². The predicted molar refractivity (Wildman–Crippen MR) is 80.1 cm³/mol. The van der Waals surface area contributed by atoms with Crippen molar-refractivity contribution in [3.05, 3.63) is 30.3 Å². The van der Waals surface area contributed by atoms with Gasteiger partial charge < -0.3 is 0 Å². The lowest BCUT2D eigenvalue weighted by molar-refractivity contribution is -0.126. The Kier molecular flexibility index (Phi) is 4.49. The molecule has 0 aliphatic carbocycles. The maximum absolute atomic E-state index is 12.2. The number of hydrogen-bond acceptors (Lipinski definition) is 4. The molecule has 1 amide bonds. The highest BCUT2D eigenvalue weighted by Gasteiger charge is 2.37. The van der Waals surface area contributed by atoms with Crippen molar-refractivity contribution >= 4 is 32.9 Å². The zero-order chi connectivity index (χ0) is 14.8. The van der Waals surface area contributed by atoms with E-state index in [1.807, 2.05) is 6.92 Å². The molecule has 20 heavy (non-hydrogen) atoms. The standard InChI is InChI=1S/C13H16N2O3S2/c1-3-11-12(16)15(4-2)13(19-11)14-20(17,18)10-8-6-5-7-9-10/h5-9,11H,3-4H2,1-2H3/t11-/m1/s1. The molecule has 5 nitrogen and oxygen atoms in total. The van der Waals surface area contributed by atoms with Gasteiger partial charge in [0.05, 0.1) is 10.1 Å². The van der Waals surface area contributed by atoms with Crippen LogP contribution in [0.25, 0.3) is 0 Å². The summed E-state index contributed by atoms with van der Waals surface area (Å²) in [7, 11) is -3.77. The fraction of sp³-hybridized carbons (Fsp3) is 0.385. The van der Waals surface area contributed by atoms with Gasteiger partial charge in [-0.25, -0.2) is 0 Å². The predicted octanol–water partition coefficient (Wildman–Crippen LogP) is 2.11. The summed E-state index contributed by atoms with van der Waals surface area (Å²) in [6.45, 7) is 4.13. The van der Waals surface area contributed by atoms with E-state index in [0.29, 0.717) is 13.0 Å². The number of amides is 1. The third-order valence-electron chi connectivity index (χ3n) is 2.95. The van der Waals surface area contributed by atoms with Gasteiger partial charge in [0.1, 0.15) is 0 Å². The van der Waals surface area contributed by atoms with Gasteiger partial charge in [-0.2, -0.15) is 8.42 Å². The second-order valence-electron chi connectivity index (χ2n) is 4.26. The van der Waals surface area contributed by atoms with Gasteiger partial charge in [0, 0.05) is 6.54 Å². The zero-order valence-corrected chi connectivity index (χ0v) is 12.9. The molecule has 1 saturated heterocycles. The Balaban J connectivity index is 2.37. The molecule has 0 N–H and O–H groups in total. The summed E-state index contributed by atoms with van der Waals surface area (Å²) < 4.78 is 28.3. The highest BCUT2D eigenvalue weighted by atomic mass is 32.2. The summed E-state index contributed by atoms with van der Waals surface area (Å²) in [5, 5.41) is 0.0351. The molecule has 1 fully saturated rings. The number of rotatable bonds is 4. The second kappa shape index (κ2) is 5.97. The smallest absolute Gasteiger partial charge is 0.284 e. The van der Waals surface area contributed by atoms with Gasteiger partial charge in [-0.15, -0.1) is 4.40 Å². The molecule has 0 aromatic heterocycles. The van der Waals surface area contributed by atoms with E-state index in [1.54, 1.807) is 25.1 Å². The minimum atomic E-state index is -3.77. The molecule has 1 aromatic carbocycles. The molecule has 1 atom stereocenters. The molecule has 7 heteroatoms. The summed E-state index contributed by atoms with van der Waals surface area (Å²) in [5.74, 6) is -0.0676. The molecule has 2 rings (SSSR count). The number of carbonyl (C=O) groups excluding carboxylic acids is 1. The van der Waals surface area contributed by atoms with Crippen LogP contribution in [0, 0.1) is 0 Å². The minimum Gasteiger partial charge on any atom is -0.290 e. The summed E-state index contributed by atoms with van der Waals surface area (Å²) in [4.78, 5) is 13.6. The van der Waals surface area contributed by atoms with E-state index in [4.69, 9.17) is 0 Å². The average Bonchev–Trinajstić information content (AvgIpc) is 2.74. The van der Waals surface area contributed by atoms with Crippen molar-refractivity contribution in [3.63, 3.8) is 0 Å². The fourth-order valence-electron chi connectivity index (χ4n) is 1.88. The first-order chi connectivity index (χ1) is 9.49. The summed E-state index contributed by atoms with van der Waals surface area (Å²) in [6, 6.07) is 8.02. The van der Waals surface area contributed by atoms with Crippen molar-refractivity contribution in [1.82, 2.24) is 4.90 Å². The van der Waals surface area contributed by atoms with Crippen molar-refractivity contribution in [2.45, 2.75) is 30.4 Å². The average molecular weight is 312 g/mol. The Morgan fingerprint density at radius 3 is 2.45 bits per heavy atom. The quantitative estimate of drug-likeness (QED) is 0.854. The molecule has 0 saturated carbocycles. The second-order valence-corrected chi connectivity index (χ2v) is 7.03. The first-order valence-corrected chi connectivity index (χ1v) is 8.69. The molecular formula is C13H16N2O3S2. The lowest BCUT2D eigenvalue weighted by Crippen LogP contribution is -2.32. The lowest BCUT2D eigenvalue weighted by Gasteiger charge is -2.12. The largest absolute Gasteiger partial charge is 0.290 e. The molecule has 1 aliphatic heterocycles. The molecular weight excluding hydrogens is 296 g/mol. The van der Waals surface area contributed by atoms with Gasteiger partial charge in [-0.05, 0) is 25.5 Å². The Hall–Kier alpha value is -1.34. The lowest BCUT2D eigenvalue weighted by atomic mass is 10.3. The number of amidine groups is 1. The van der Waals surface area contributed by atoms with Crippen molar-refractivity contribution in [3.8, 4) is 0 Å². The van der Waals surface area contributed by atoms with Gasteiger partial charge in [-0.1, -0.05) is 36.9 Å². The van der Waals surface area contributed by atoms with E-state index in [-0.39, 0.29) is 21.2 Å². The number of sulfonamides is 1. The van der Waals surface area contributed by atoms with Crippen LogP contribution in [0.1, 0.15) is 20.3 Å².